The molecule has 0 aliphatic rings. The third kappa shape index (κ3) is 4.95. The number of benzene rings is 1. The molecule has 0 spiro atoms. The van der Waals surface area contributed by atoms with Crippen LogP contribution in [0.15, 0.2) is 24.3 Å². The Hall–Kier alpha value is -1.72. The molecule has 0 aliphatic carbocycles. The van der Waals surface area contributed by atoms with Crippen LogP contribution in [0.4, 0.5) is 18.0 Å². The average Bonchev–Trinajstić information content (AvgIpc) is 2.37. The molecule has 0 heterocycles. The highest BCUT2D eigenvalue weighted by atomic mass is 19.4. The van der Waals surface area contributed by atoms with Crippen LogP contribution in [0, 0.1) is 5.92 Å². The SMILES string of the molecule is CC(C)C(C)NC(=O)N(C)Cc1ccccc1C(F)(F)F. The van der Waals surface area contributed by atoms with Crippen molar-refractivity contribution in [1.82, 2.24) is 10.2 Å². The number of carbonyl (C=O) groups excluding carboxylic acids is 1. The molecular formula is C15H21F3N2O. The maximum absolute atomic E-state index is 12.9. The van der Waals surface area contributed by atoms with E-state index in [0.717, 1.165) is 6.07 Å². The van der Waals surface area contributed by atoms with Crippen molar-refractivity contribution in [2.75, 3.05) is 7.05 Å². The quantitative estimate of drug-likeness (QED) is 0.899. The van der Waals surface area contributed by atoms with E-state index in [1.807, 2.05) is 20.8 Å². The third-order valence-corrected chi connectivity index (χ3v) is 3.43. The molecule has 3 nitrogen and oxygen atoms in total. The van der Waals surface area contributed by atoms with Crippen molar-refractivity contribution in [2.24, 2.45) is 5.92 Å². The Bertz CT molecular complexity index is 486. The van der Waals surface area contributed by atoms with Crippen LogP contribution in [0.2, 0.25) is 0 Å². The summed E-state index contributed by atoms with van der Waals surface area (Å²) in [6.07, 6.45) is -4.42. The van der Waals surface area contributed by atoms with Crippen LogP contribution in [0.25, 0.3) is 0 Å². The summed E-state index contributed by atoms with van der Waals surface area (Å²) in [5.74, 6) is 0.254. The van der Waals surface area contributed by atoms with E-state index >= 15 is 0 Å². The smallest absolute Gasteiger partial charge is 0.335 e. The second-order valence-electron chi connectivity index (χ2n) is 5.49. The van der Waals surface area contributed by atoms with E-state index in [4.69, 9.17) is 0 Å². The topological polar surface area (TPSA) is 32.3 Å². The van der Waals surface area contributed by atoms with E-state index in [1.165, 1.54) is 30.1 Å². The summed E-state index contributed by atoms with van der Waals surface area (Å²) < 4.78 is 38.7. The fourth-order valence-corrected chi connectivity index (χ4v) is 1.73. The molecule has 2 amide bonds. The number of nitrogens with zero attached hydrogens (tertiary/aromatic N) is 1. The largest absolute Gasteiger partial charge is 0.416 e. The van der Waals surface area contributed by atoms with E-state index < -0.39 is 11.7 Å². The Labute approximate surface area is 123 Å². The number of rotatable bonds is 4. The molecule has 1 unspecified atom stereocenters. The minimum absolute atomic E-state index is 0.0437. The van der Waals surface area contributed by atoms with Crippen molar-refractivity contribution in [3.63, 3.8) is 0 Å². The zero-order valence-electron chi connectivity index (χ0n) is 12.7. The third-order valence-electron chi connectivity index (χ3n) is 3.43. The zero-order valence-corrected chi connectivity index (χ0v) is 12.7. The number of amides is 2. The lowest BCUT2D eigenvalue weighted by molar-refractivity contribution is -0.138. The lowest BCUT2D eigenvalue weighted by atomic mass is 10.1. The fraction of sp³-hybridized carbons (Fsp3) is 0.533. The van der Waals surface area contributed by atoms with E-state index in [2.05, 4.69) is 5.32 Å². The van der Waals surface area contributed by atoms with Gasteiger partial charge in [0, 0.05) is 19.6 Å². The van der Waals surface area contributed by atoms with E-state index in [-0.39, 0.29) is 30.1 Å². The van der Waals surface area contributed by atoms with Gasteiger partial charge < -0.3 is 10.2 Å². The van der Waals surface area contributed by atoms with E-state index in [9.17, 15) is 18.0 Å². The Morgan fingerprint density at radius 3 is 2.33 bits per heavy atom. The summed E-state index contributed by atoms with van der Waals surface area (Å²) in [5.41, 5.74) is -0.624. The highest BCUT2D eigenvalue weighted by Crippen LogP contribution is 2.32. The number of nitrogens with one attached hydrogen (secondary N) is 1. The summed E-state index contributed by atoms with van der Waals surface area (Å²) in [7, 11) is 1.48. The standard InChI is InChI=1S/C15H21F3N2O/c1-10(2)11(3)19-14(21)20(4)9-12-7-5-6-8-13(12)15(16,17)18/h5-8,10-11H,9H2,1-4H3,(H,19,21). The van der Waals surface area contributed by atoms with Gasteiger partial charge in [-0.15, -0.1) is 0 Å². The van der Waals surface area contributed by atoms with Crippen molar-refractivity contribution in [3.05, 3.63) is 35.4 Å². The summed E-state index contributed by atoms with van der Waals surface area (Å²) >= 11 is 0. The minimum Gasteiger partial charge on any atom is -0.335 e. The summed E-state index contributed by atoms with van der Waals surface area (Å²) in [6, 6.07) is 4.86. The predicted octanol–water partition coefficient (Wildman–Crippen LogP) is 3.89. The van der Waals surface area contributed by atoms with E-state index in [0.29, 0.717) is 0 Å². The van der Waals surface area contributed by atoms with Crippen molar-refractivity contribution in [1.29, 1.82) is 0 Å². The number of hydrogen-bond acceptors (Lipinski definition) is 1. The lowest BCUT2D eigenvalue weighted by Crippen LogP contribution is -2.43. The van der Waals surface area contributed by atoms with E-state index in [1.54, 1.807) is 0 Å². The van der Waals surface area contributed by atoms with Crippen LogP contribution in [-0.2, 0) is 12.7 Å². The van der Waals surface area contributed by atoms with Crippen molar-refractivity contribution in [3.8, 4) is 0 Å². The molecule has 1 atom stereocenters. The van der Waals surface area contributed by atoms with Crippen LogP contribution in [0.5, 0.6) is 0 Å². The van der Waals surface area contributed by atoms with Gasteiger partial charge in [0.25, 0.3) is 0 Å². The van der Waals surface area contributed by atoms with Crippen molar-refractivity contribution >= 4 is 6.03 Å². The molecule has 1 rings (SSSR count). The number of urea groups is 1. The highest BCUT2D eigenvalue weighted by molar-refractivity contribution is 5.74. The Balaban J connectivity index is 2.80. The molecule has 21 heavy (non-hydrogen) atoms. The molecule has 0 aliphatic heterocycles. The van der Waals surface area contributed by atoms with Gasteiger partial charge in [-0.05, 0) is 24.5 Å². The summed E-state index contributed by atoms with van der Waals surface area (Å²) in [5, 5.41) is 2.76. The van der Waals surface area contributed by atoms with Crippen LogP contribution >= 0.6 is 0 Å². The maximum atomic E-state index is 12.9. The summed E-state index contributed by atoms with van der Waals surface area (Å²) in [4.78, 5) is 13.2. The maximum Gasteiger partial charge on any atom is 0.416 e. The molecule has 1 aromatic rings. The van der Waals surface area contributed by atoms with Gasteiger partial charge in [0.2, 0.25) is 0 Å². The molecule has 0 bridgehead atoms. The molecule has 0 saturated carbocycles. The summed E-state index contributed by atoms with van der Waals surface area (Å²) in [6.45, 7) is 5.69. The first-order valence-electron chi connectivity index (χ1n) is 6.79. The van der Waals surface area contributed by atoms with Gasteiger partial charge >= 0.3 is 12.2 Å². The molecular weight excluding hydrogens is 281 g/mol. The minimum atomic E-state index is -4.42. The predicted molar refractivity (Wildman–Crippen MR) is 75.7 cm³/mol. The second-order valence-corrected chi connectivity index (χ2v) is 5.49. The van der Waals surface area contributed by atoms with Gasteiger partial charge in [-0.25, -0.2) is 4.79 Å². The zero-order chi connectivity index (χ0) is 16.2. The number of halogens is 3. The van der Waals surface area contributed by atoms with Crippen LogP contribution in [0.3, 0.4) is 0 Å². The van der Waals surface area contributed by atoms with Crippen LogP contribution < -0.4 is 5.32 Å². The van der Waals surface area contributed by atoms with Gasteiger partial charge in [0.1, 0.15) is 0 Å². The lowest BCUT2D eigenvalue weighted by Gasteiger charge is -2.24. The normalized spacial score (nSPS) is 13.1. The van der Waals surface area contributed by atoms with Gasteiger partial charge in [-0.3, -0.25) is 0 Å². The monoisotopic (exact) mass is 302 g/mol. The second kappa shape index (κ2) is 6.83. The fourth-order valence-electron chi connectivity index (χ4n) is 1.73. The molecule has 1 N–H and O–H groups in total. The Kier molecular flexibility index (Phi) is 5.63. The van der Waals surface area contributed by atoms with Gasteiger partial charge in [-0.1, -0.05) is 32.0 Å². The molecule has 0 radical (unpaired) electrons. The van der Waals surface area contributed by atoms with Crippen molar-refractivity contribution in [2.45, 2.75) is 39.5 Å². The van der Waals surface area contributed by atoms with Crippen LogP contribution in [0.1, 0.15) is 31.9 Å². The molecule has 0 fully saturated rings. The Morgan fingerprint density at radius 1 is 1.24 bits per heavy atom. The van der Waals surface area contributed by atoms with Gasteiger partial charge in [0.05, 0.1) is 5.56 Å². The average molecular weight is 302 g/mol. The Morgan fingerprint density at radius 2 is 1.81 bits per heavy atom. The van der Waals surface area contributed by atoms with Gasteiger partial charge in [0.15, 0.2) is 0 Å². The first kappa shape index (κ1) is 17.3. The van der Waals surface area contributed by atoms with Gasteiger partial charge in [-0.2, -0.15) is 13.2 Å². The first-order valence-corrected chi connectivity index (χ1v) is 6.79. The molecule has 0 aromatic heterocycles. The molecule has 1 aromatic carbocycles. The molecule has 118 valence electrons. The number of carbonyl (C=O) groups is 1. The van der Waals surface area contributed by atoms with Crippen molar-refractivity contribution < 1.29 is 18.0 Å². The first-order chi connectivity index (χ1) is 9.62. The molecule has 0 saturated heterocycles. The number of alkyl halides is 3. The molecule has 6 heteroatoms. The van der Waals surface area contributed by atoms with Crippen LogP contribution in [-0.4, -0.2) is 24.0 Å². The number of hydrogen-bond donors (Lipinski definition) is 1. The highest BCUT2D eigenvalue weighted by Gasteiger charge is 2.33.